The fraction of sp³-hybridized carbons (Fsp3) is 0.150. The molecule has 0 saturated carbocycles. The van der Waals surface area contributed by atoms with Crippen LogP contribution >= 0.6 is 0 Å². The van der Waals surface area contributed by atoms with Gasteiger partial charge in [-0.05, 0) is 23.3 Å². The lowest BCUT2D eigenvalue weighted by Crippen LogP contribution is -2.17. The van der Waals surface area contributed by atoms with Crippen LogP contribution < -0.4 is 5.32 Å². The van der Waals surface area contributed by atoms with Crippen LogP contribution in [0.1, 0.15) is 21.7 Å². The molecule has 2 heterocycles. The molecule has 0 radical (unpaired) electrons. The molecule has 0 atom stereocenters. The monoisotopic (exact) mass is 390 g/mol. The SMILES string of the molecule is Cc1nn(C)c(C(=O)Nc2cnn(Cc3cccc4ccccc34)c2)c1[N+](=O)[O-]. The Bertz CT molecular complexity index is 1230. The molecule has 0 spiro atoms. The first-order valence-corrected chi connectivity index (χ1v) is 8.92. The van der Waals surface area contributed by atoms with Crippen LogP contribution in [0.4, 0.5) is 11.4 Å². The summed E-state index contributed by atoms with van der Waals surface area (Å²) < 4.78 is 2.92. The van der Waals surface area contributed by atoms with Crippen LogP contribution in [0.2, 0.25) is 0 Å². The summed E-state index contributed by atoms with van der Waals surface area (Å²) in [5, 5.41) is 24.5. The number of hydrogen-bond acceptors (Lipinski definition) is 5. The van der Waals surface area contributed by atoms with E-state index >= 15 is 0 Å². The fourth-order valence-electron chi connectivity index (χ4n) is 3.43. The molecule has 4 aromatic rings. The van der Waals surface area contributed by atoms with E-state index in [1.54, 1.807) is 10.9 Å². The maximum atomic E-state index is 12.6. The minimum atomic E-state index is -0.607. The highest BCUT2D eigenvalue weighted by Gasteiger charge is 2.29. The van der Waals surface area contributed by atoms with Crippen molar-refractivity contribution >= 4 is 28.1 Å². The lowest BCUT2D eigenvalue weighted by Gasteiger charge is -2.06. The number of rotatable bonds is 5. The largest absolute Gasteiger partial charge is 0.322 e. The topological polar surface area (TPSA) is 108 Å². The minimum Gasteiger partial charge on any atom is -0.318 e. The average molecular weight is 390 g/mol. The molecule has 0 bridgehead atoms. The summed E-state index contributed by atoms with van der Waals surface area (Å²) in [4.78, 5) is 23.3. The molecule has 0 unspecified atom stereocenters. The first kappa shape index (κ1) is 18.4. The van der Waals surface area contributed by atoms with Crippen molar-refractivity contribution in [2.45, 2.75) is 13.5 Å². The van der Waals surface area contributed by atoms with Crippen LogP contribution in [-0.4, -0.2) is 30.4 Å². The zero-order valence-corrected chi connectivity index (χ0v) is 15.9. The Morgan fingerprint density at radius 2 is 1.97 bits per heavy atom. The van der Waals surface area contributed by atoms with Gasteiger partial charge in [0.15, 0.2) is 0 Å². The van der Waals surface area contributed by atoms with Gasteiger partial charge in [-0.25, -0.2) is 0 Å². The Balaban J connectivity index is 1.56. The van der Waals surface area contributed by atoms with Gasteiger partial charge in [-0.1, -0.05) is 42.5 Å². The summed E-state index contributed by atoms with van der Waals surface area (Å²) in [6.07, 6.45) is 3.20. The summed E-state index contributed by atoms with van der Waals surface area (Å²) in [5.41, 5.74) is 1.34. The van der Waals surface area contributed by atoms with Gasteiger partial charge in [0.05, 0.1) is 23.4 Å². The van der Waals surface area contributed by atoms with Gasteiger partial charge in [0.25, 0.3) is 5.91 Å². The summed E-state index contributed by atoms with van der Waals surface area (Å²) in [7, 11) is 1.50. The van der Waals surface area contributed by atoms with Crippen LogP contribution in [0.5, 0.6) is 0 Å². The zero-order chi connectivity index (χ0) is 20.5. The Labute approximate surface area is 165 Å². The van der Waals surface area contributed by atoms with Crippen LogP contribution in [-0.2, 0) is 13.6 Å². The third kappa shape index (κ3) is 3.45. The van der Waals surface area contributed by atoms with Crippen LogP contribution in [0.3, 0.4) is 0 Å². The number of aromatic nitrogens is 4. The number of anilines is 1. The van der Waals surface area contributed by atoms with E-state index in [4.69, 9.17) is 0 Å². The zero-order valence-electron chi connectivity index (χ0n) is 15.9. The van der Waals surface area contributed by atoms with E-state index in [1.165, 1.54) is 24.9 Å². The number of carbonyl (C=O) groups excluding carboxylic acids is 1. The summed E-state index contributed by atoms with van der Waals surface area (Å²) in [6, 6.07) is 14.2. The number of aryl methyl sites for hydroxylation is 2. The molecule has 1 amide bonds. The van der Waals surface area contributed by atoms with Gasteiger partial charge < -0.3 is 5.32 Å². The van der Waals surface area contributed by atoms with Crippen LogP contribution in [0.15, 0.2) is 54.9 Å². The van der Waals surface area contributed by atoms with Gasteiger partial charge in [-0.3, -0.25) is 24.3 Å². The van der Waals surface area contributed by atoms with E-state index in [-0.39, 0.29) is 17.1 Å². The highest BCUT2D eigenvalue weighted by atomic mass is 16.6. The predicted octanol–water partition coefficient (Wildman–Crippen LogP) is 3.29. The Kier molecular flexibility index (Phi) is 4.55. The van der Waals surface area contributed by atoms with Gasteiger partial charge in [-0.15, -0.1) is 0 Å². The molecule has 1 N–H and O–H groups in total. The fourth-order valence-corrected chi connectivity index (χ4v) is 3.43. The lowest BCUT2D eigenvalue weighted by atomic mass is 10.0. The van der Waals surface area contributed by atoms with Crippen molar-refractivity contribution in [1.82, 2.24) is 19.6 Å². The quantitative estimate of drug-likeness (QED) is 0.416. The third-order valence-corrected chi connectivity index (χ3v) is 4.69. The second-order valence-electron chi connectivity index (χ2n) is 6.68. The first-order valence-electron chi connectivity index (χ1n) is 8.92. The first-order chi connectivity index (χ1) is 13.9. The predicted molar refractivity (Wildman–Crippen MR) is 108 cm³/mol. The van der Waals surface area contributed by atoms with Gasteiger partial charge >= 0.3 is 5.69 Å². The molecule has 0 aliphatic heterocycles. The van der Waals surface area contributed by atoms with Crippen molar-refractivity contribution < 1.29 is 9.72 Å². The molecular weight excluding hydrogens is 372 g/mol. The van der Waals surface area contributed by atoms with Gasteiger partial charge in [0, 0.05) is 13.2 Å². The van der Waals surface area contributed by atoms with E-state index < -0.39 is 10.8 Å². The number of hydrogen-bond donors (Lipinski definition) is 1. The summed E-state index contributed by atoms with van der Waals surface area (Å²) in [5.74, 6) is -0.607. The van der Waals surface area contributed by atoms with E-state index in [9.17, 15) is 14.9 Å². The summed E-state index contributed by atoms with van der Waals surface area (Å²) >= 11 is 0. The number of amides is 1. The molecule has 146 valence electrons. The Morgan fingerprint density at radius 1 is 1.21 bits per heavy atom. The summed E-state index contributed by atoms with van der Waals surface area (Å²) in [6.45, 7) is 2.03. The van der Waals surface area contributed by atoms with Crippen molar-refractivity contribution in [1.29, 1.82) is 0 Å². The Hall–Kier alpha value is -4.01. The molecule has 2 aromatic heterocycles. The van der Waals surface area contributed by atoms with E-state index in [1.807, 2.05) is 24.3 Å². The molecule has 0 fully saturated rings. The lowest BCUT2D eigenvalue weighted by molar-refractivity contribution is -0.385. The molecule has 29 heavy (non-hydrogen) atoms. The second-order valence-corrected chi connectivity index (χ2v) is 6.68. The molecule has 9 heteroatoms. The number of nitrogens with one attached hydrogen (secondary N) is 1. The Morgan fingerprint density at radius 3 is 2.76 bits per heavy atom. The second kappa shape index (κ2) is 7.19. The normalized spacial score (nSPS) is 11.0. The van der Waals surface area contributed by atoms with E-state index in [0.717, 1.165) is 16.3 Å². The maximum Gasteiger partial charge on any atom is 0.322 e. The number of benzene rings is 2. The number of nitrogens with zero attached hydrogens (tertiary/aromatic N) is 5. The van der Waals surface area contributed by atoms with Crippen LogP contribution in [0, 0.1) is 17.0 Å². The smallest absolute Gasteiger partial charge is 0.318 e. The molecule has 4 rings (SSSR count). The van der Waals surface area contributed by atoms with Gasteiger partial charge in [0.1, 0.15) is 5.69 Å². The number of carbonyl (C=O) groups is 1. The van der Waals surface area contributed by atoms with Crippen molar-refractivity contribution in [3.8, 4) is 0 Å². The molecule has 0 saturated heterocycles. The average Bonchev–Trinajstić information content (AvgIpc) is 3.24. The molecule has 2 aromatic carbocycles. The molecule has 0 aliphatic carbocycles. The number of nitro groups is 1. The van der Waals surface area contributed by atoms with E-state index in [0.29, 0.717) is 12.2 Å². The molecule has 0 aliphatic rings. The molecule has 9 nitrogen and oxygen atoms in total. The van der Waals surface area contributed by atoms with Gasteiger partial charge in [0.2, 0.25) is 5.69 Å². The van der Waals surface area contributed by atoms with Crippen LogP contribution in [0.25, 0.3) is 10.8 Å². The third-order valence-electron chi connectivity index (χ3n) is 4.69. The van der Waals surface area contributed by atoms with E-state index in [2.05, 4.69) is 33.7 Å². The van der Waals surface area contributed by atoms with Crippen molar-refractivity contribution in [2.75, 3.05) is 5.32 Å². The van der Waals surface area contributed by atoms with Gasteiger partial charge in [-0.2, -0.15) is 10.2 Å². The van der Waals surface area contributed by atoms with Crippen molar-refractivity contribution in [2.24, 2.45) is 7.05 Å². The number of fused-ring (bicyclic) bond motifs is 1. The molecular formula is C20H18N6O3. The van der Waals surface area contributed by atoms with Crippen molar-refractivity contribution in [3.63, 3.8) is 0 Å². The highest BCUT2D eigenvalue weighted by molar-refractivity contribution is 6.06. The van der Waals surface area contributed by atoms with Crippen molar-refractivity contribution in [3.05, 3.63) is 81.9 Å². The minimum absolute atomic E-state index is 0.102. The maximum absolute atomic E-state index is 12.6. The highest BCUT2D eigenvalue weighted by Crippen LogP contribution is 2.24. The standard InChI is InChI=1S/C20H18N6O3/c1-13-18(26(28)29)19(24(2)23-13)20(27)22-16-10-21-25(12-16)11-15-8-5-7-14-6-3-4-9-17(14)15/h3-10,12H,11H2,1-2H3,(H,22,27).